The lowest BCUT2D eigenvalue weighted by Crippen LogP contribution is -2.25. The number of rotatable bonds is 8. The predicted octanol–water partition coefficient (Wildman–Crippen LogP) is 2.04. The molecule has 0 unspecified atom stereocenters. The molecule has 0 saturated carbocycles. The van der Waals surface area contributed by atoms with Crippen LogP contribution in [-0.4, -0.2) is 47.5 Å². The number of ether oxygens (including phenoxy) is 3. The van der Waals surface area contributed by atoms with Crippen molar-refractivity contribution in [1.29, 1.82) is 0 Å². The van der Waals surface area contributed by atoms with Crippen molar-refractivity contribution < 1.29 is 32.2 Å². The van der Waals surface area contributed by atoms with Gasteiger partial charge in [0.1, 0.15) is 16.4 Å². The minimum absolute atomic E-state index is 0.0241. The van der Waals surface area contributed by atoms with Gasteiger partial charge in [-0.1, -0.05) is 0 Å². The molecule has 0 bridgehead atoms. The largest absolute Gasteiger partial charge is 0.497 e. The van der Waals surface area contributed by atoms with Crippen LogP contribution in [-0.2, 0) is 14.8 Å². The Morgan fingerprint density at radius 1 is 0.964 bits per heavy atom. The van der Waals surface area contributed by atoms with Crippen molar-refractivity contribution in [2.45, 2.75) is 17.9 Å². The lowest BCUT2D eigenvalue weighted by Gasteiger charge is -2.14. The normalized spacial score (nSPS) is 12.1. The molecule has 0 spiro atoms. The van der Waals surface area contributed by atoms with E-state index in [-0.39, 0.29) is 16.2 Å². The second kappa shape index (κ2) is 8.85. The van der Waals surface area contributed by atoms with Gasteiger partial charge >= 0.3 is 5.97 Å². The molecule has 0 aliphatic carbocycles. The maximum absolute atomic E-state index is 12.4. The number of nitrogens with one attached hydrogen (secondary N) is 1. The zero-order valence-corrected chi connectivity index (χ0v) is 16.7. The highest BCUT2D eigenvalue weighted by Crippen LogP contribution is 2.25. The number of hydrogen-bond donors (Lipinski definition) is 1. The molecule has 2 aromatic rings. The third kappa shape index (κ3) is 4.68. The average molecular weight is 407 g/mol. The van der Waals surface area contributed by atoms with E-state index in [1.54, 1.807) is 24.3 Å². The maximum Gasteiger partial charge on any atom is 0.338 e. The molecule has 2 aromatic carbocycles. The summed E-state index contributed by atoms with van der Waals surface area (Å²) in [6.45, 7) is 1.44. The summed E-state index contributed by atoms with van der Waals surface area (Å²) in [6, 6.07) is 10.2. The summed E-state index contributed by atoms with van der Waals surface area (Å²) >= 11 is 0. The van der Waals surface area contributed by atoms with Crippen molar-refractivity contribution in [2.75, 3.05) is 21.3 Å². The fourth-order valence-corrected chi connectivity index (χ4v) is 3.31. The minimum Gasteiger partial charge on any atom is -0.497 e. The summed E-state index contributed by atoms with van der Waals surface area (Å²) in [7, 11) is 0.222. The number of methoxy groups -OCH3 is 2. The van der Waals surface area contributed by atoms with E-state index in [1.165, 1.54) is 40.3 Å². The monoisotopic (exact) mass is 407 g/mol. The van der Waals surface area contributed by atoms with E-state index in [1.807, 2.05) is 0 Å². The number of carbonyl (C=O) groups is 2. The van der Waals surface area contributed by atoms with Crippen LogP contribution in [0.5, 0.6) is 11.5 Å². The van der Waals surface area contributed by atoms with Gasteiger partial charge in [0, 0.05) is 5.56 Å². The number of Topliss-reactive ketones (excluding diaryl/α,β-unsaturated/α-hetero) is 1. The van der Waals surface area contributed by atoms with Gasteiger partial charge in [0.15, 0.2) is 6.10 Å². The molecule has 0 radical (unpaired) electrons. The topological polar surface area (TPSA) is 108 Å². The van der Waals surface area contributed by atoms with Gasteiger partial charge in [-0.05, 0) is 56.4 Å². The van der Waals surface area contributed by atoms with Crippen LogP contribution >= 0.6 is 0 Å². The summed E-state index contributed by atoms with van der Waals surface area (Å²) in [4.78, 5) is 24.6. The van der Waals surface area contributed by atoms with E-state index in [0.29, 0.717) is 11.3 Å². The number of benzene rings is 2. The highest BCUT2D eigenvalue weighted by atomic mass is 32.2. The molecule has 0 aromatic heterocycles. The zero-order chi connectivity index (χ0) is 20.9. The van der Waals surface area contributed by atoms with Gasteiger partial charge in [0.25, 0.3) is 0 Å². The maximum atomic E-state index is 12.4. The fraction of sp³-hybridized carbons (Fsp3) is 0.263. The Balaban J connectivity index is 2.21. The molecule has 150 valence electrons. The first-order valence-electron chi connectivity index (χ1n) is 8.24. The molecular formula is C19H21NO7S. The molecule has 0 aliphatic heterocycles. The molecule has 0 fully saturated rings. The lowest BCUT2D eigenvalue weighted by molar-refractivity contribution is 0.0318. The quantitative estimate of drug-likeness (QED) is 0.527. The van der Waals surface area contributed by atoms with Gasteiger partial charge in [0.05, 0.1) is 19.8 Å². The van der Waals surface area contributed by atoms with E-state index in [9.17, 15) is 18.0 Å². The Labute approximate surface area is 163 Å². The number of carbonyl (C=O) groups excluding carboxylic acids is 2. The van der Waals surface area contributed by atoms with E-state index in [0.717, 1.165) is 6.07 Å². The molecule has 8 nitrogen and oxygen atoms in total. The van der Waals surface area contributed by atoms with Crippen LogP contribution in [0.15, 0.2) is 47.4 Å². The van der Waals surface area contributed by atoms with E-state index >= 15 is 0 Å². The van der Waals surface area contributed by atoms with Crippen molar-refractivity contribution in [3.05, 3.63) is 53.6 Å². The van der Waals surface area contributed by atoms with Crippen molar-refractivity contribution in [1.82, 2.24) is 4.72 Å². The molecule has 0 saturated heterocycles. The van der Waals surface area contributed by atoms with Crippen LogP contribution in [0, 0.1) is 0 Å². The smallest absolute Gasteiger partial charge is 0.338 e. The van der Waals surface area contributed by atoms with Crippen LogP contribution in [0.4, 0.5) is 0 Å². The Bertz CT molecular complexity index is 968. The molecule has 0 heterocycles. The molecule has 1 N–H and O–H groups in total. The zero-order valence-electron chi connectivity index (χ0n) is 15.9. The Hall–Kier alpha value is -2.91. The first-order valence-corrected chi connectivity index (χ1v) is 9.72. The standard InChI is InChI=1S/C19H21NO7S/c1-12(18(21)13-5-8-15(25-3)9-6-13)27-19(22)14-7-10-16(26-4)17(11-14)28(23,24)20-2/h5-12,20H,1-4H3/t12-/m1/s1. The van der Waals surface area contributed by atoms with Crippen LogP contribution in [0.3, 0.4) is 0 Å². The third-order valence-electron chi connectivity index (χ3n) is 3.99. The van der Waals surface area contributed by atoms with Crippen LogP contribution in [0.1, 0.15) is 27.6 Å². The van der Waals surface area contributed by atoms with Crippen LogP contribution in [0.25, 0.3) is 0 Å². The van der Waals surface area contributed by atoms with Crippen LogP contribution < -0.4 is 14.2 Å². The minimum atomic E-state index is -3.85. The molecular weight excluding hydrogens is 386 g/mol. The third-order valence-corrected chi connectivity index (χ3v) is 5.42. The fourth-order valence-electron chi connectivity index (χ4n) is 2.40. The average Bonchev–Trinajstić information content (AvgIpc) is 2.72. The first-order chi connectivity index (χ1) is 13.2. The van der Waals surface area contributed by atoms with Gasteiger partial charge in [-0.3, -0.25) is 4.79 Å². The number of hydrogen-bond acceptors (Lipinski definition) is 7. The number of sulfonamides is 1. The van der Waals surface area contributed by atoms with Crippen LogP contribution in [0.2, 0.25) is 0 Å². The summed E-state index contributed by atoms with van der Waals surface area (Å²) in [5.41, 5.74) is 0.332. The molecule has 28 heavy (non-hydrogen) atoms. The SMILES string of the molecule is CNS(=O)(=O)c1cc(C(=O)O[C@H](C)C(=O)c2ccc(OC)cc2)ccc1OC. The summed E-state index contributed by atoms with van der Waals surface area (Å²) in [5, 5.41) is 0. The summed E-state index contributed by atoms with van der Waals surface area (Å²) in [6.07, 6.45) is -1.06. The van der Waals surface area contributed by atoms with Crippen molar-refractivity contribution >= 4 is 21.8 Å². The van der Waals surface area contributed by atoms with Gasteiger partial charge in [-0.15, -0.1) is 0 Å². The lowest BCUT2D eigenvalue weighted by atomic mass is 10.1. The Morgan fingerprint density at radius 3 is 2.11 bits per heavy atom. The van der Waals surface area contributed by atoms with Gasteiger partial charge in [-0.2, -0.15) is 0 Å². The highest BCUT2D eigenvalue weighted by molar-refractivity contribution is 7.89. The summed E-state index contributed by atoms with van der Waals surface area (Å²) in [5.74, 6) is -0.553. The van der Waals surface area contributed by atoms with E-state index < -0.39 is 27.9 Å². The first kappa shape index (κ1) is 21.4. The van der Waals surface area contributed by atoms with Gasteiger partial charge in [-0.25, -0.2) is 17.9 Å². The molecule has 1 atom stereocenters. The molecule has 9 heteroatoms. The van der Waals surface area contributed by atoms with Crippen molar-refractivity contribution in [3.63, 3.8) is 0 Å². The van der Waals surface area contributed by atoms with E-state index in [4.69, 9.17) is 14.2 Å². The molecule has 2 rings (SSSR count). The Morgan fingerprint density at radius 2 is 1.57 bits per heavy atom. The predicted molar refractivity (Wildman–Crippen MR) is 101 cm³/mol. The van der Waals surface area contributed by atoms with Gasteiger partial charge in [0.2, 0.25) is 15.8 Å². The number of ketones is 1. The Kier molecular flexibility index (Phi) is 6.76. The summed E-state index contributed by atoms with van der Waals surface area (Å²) < 4.78 is 41.7. The number of esters is 1. The van der Waals surface area contributed by atoms with E-state index in [2.05, 4.69) is 4.72 Å². The van der Waals surface area contributed by atoms with Crippen molar-refractivity contribution in [2.24, 2.45) is 0 Å². The van der Waals surface area contributed by atoms with Crippen molar-refractivity contribution in [3.8, 4) is 11.5 Å². The molecule has 0 amide bonds. The highest BCUT2D eigenvalue weighted by Gasteiger charge is 2.24. The second-order valence-corrected chi connectivity index (χ2v) is 7.57. The second-order valence-electron chi connectivity index (χ2n) is 5.71. The van der Waals surface area contributed by atoms with Gasteiger partial charge < -0.3 is 14.2 Å². The molecule has 0 aliphatic rings.